The number of primary amides is 1. The van der Waals surface area contributed by atoms with E-state index in [-0.39, 0.29) is 36.2 Å². The SMILES string of the molecule is CC(C)C(NC(=O)COc1ccccc1)C(=O)NCCCN1CCCC(C(N)=O)C1. The second kappa shape index (κ2) is 12.2. The van der Waals surface area contributed by atoms with Gasteiger partial charge < -0.3 is 26.0 Å². The van der Waals surface area contributed by atoms with Gasteiger partial charge in [-0.2, -0.15) is 0 Å². The van der Waals surface area contributed by atoms with E-state index in [0.29, 0.717) is 18.8 Å². The minimum absolute atomic E-state index is 0.0518. The van der Waals surface area contributed by atoms with Crippen molar-refractivity contribution in [3.05, 3.63) is 30.3 Å². The highest BCUT2D eigenvalue weighted by Gasteiger charge is 2.25. The summed E-state index contributed by atoms with van der Waals surface area (Å²) in [7, 11) is 0. The number of carbonyl (C=O) groups excluding carboxylic acids is 3. The minimum atomic E-state index is -0.619. The van der Waals surface area contributed by atoms with Crippen LogP contribution in [0.25, 0.3) is 0 Å². The Morgan fingerprint density at radius 1 is 1.23 bits per heavy atom. The average Bonchev–Trinajstić information content (AvgIpc) is 2.74. The summed E-state index contributed by atoms with van der Waals surface area (Å²) in [5.41, 5.74) is 5.41. The normalized spacial score (nSPS) is 17.9. The van der Waals surface area contributed by atoms with Gasteiger partial charge in [-0.15, -0.1) is 0 Å². The Labute approximate surface area is 178 Å². The Balaban J connectivity index is 1.70. The summed E-state index contributed by atoms with van der Waals surface area (Å²) in [6.07, 6.45) is 2.59. The monoisotopic (exact) mass is 418 g/mol. The van der Waals surface area contributed by atoms with Gasteiger partial charge in [0.25, 0.3) is 5.91 Å². The summed E-state index contributed by atoms with van der Waals surface area (Å²) in [6.45, 7) is 6.58. The first-order chi connectivity index (χ1) is 14.4. The van der Waals surface area contributed by atoms with Crippen LogP contribution >= 0.6 is 0 Å². The van der Waals surface area contributed by atoms with E-state index in [2.05, 4.69) is 15.5 Å². The first kappa shape index (κ1) is 23.7. The molecule has 4 N–H and O–H groups in total. The molecule has 0 saturated carbocycles. The number of hydrogen-bond donors (Lipinski definition) is 3. The average molecular weight is 419 g/mol. The van der Waals surface area contributed by atoms with Gasteiger partial charge in [-0.1, -0.05) is 32.0 Å². The van der Waals surface area contributed by atoms with Crippen molar-refractivity contribution >= 4 is 17.7 Å². The van der Waals surface area contributed by atoms with E-state index in [0.717, 1.165) is 32.4 Å². The van der Waals surface area contributed by atoms with Gasteiger partial charge in [0.15, 0.2) is 6.61 Å². The Hall–Kier alpha value is -2.61. The molecular weight excluding hydrogens is 384 g/mol. The van der Waals surface area contributed by atoms with Gasteiger partial charge in [-0.05, 0) is 50.4 Å². The van der Waals surface area contributed by atoms with Gasteiger partial charge in [0.1, 0.15) is 11.8 Å². The summed E-state index contributed by atoms with van der Waals surface area (Å²) < 4.78 is 5.44. The Morgan fingerprint density at radius 3 is 2.63 bits per heavy atom. The van der Waals surface area contributed by atoms with Crippen molar-refractivity contribution in [3.63, 3.8) is 0 Å². The van der Waals surface area contributed by atoms with Gasteiger partial charge in [0.05, 0.1) is 5.92 Å². The lowest BCUT2D eigenvalue weighted by atomic mass is 9.97. The molecule has 3 amide bonds. The molecule has 0 radical (unpaired) electrons. The second-order valence-electron chi connectivity index (χ2n) is 8.08. The number of nitrogens with zero attached hydrogens (tertiary/aromatic N) is 1. The van der Waals surface area contributed by atoms with Crippen molar-refractivity contribution < 1.29 is 19.1 Å². The molecule has 1 heterocycles. The van der Waals surface area contributed by atoms with Gasteiger partial charge in [0.2, 0.25) is 11.8 Å². The largest absolute Gasteiger partial charge is 0.484 e. The fourth-order valence-corrected chi connectivity index (χ4v) is 3.53. The number of nitrogens with two attached hydrogens (primary N) is 1. The molecule has 1 aliphatic heterocycles. The lowest BCUT2D eigenvalue weighted by molar-refractivity contribution is -0.131. The highest BCUT2D eigenvalue weighted by molar-refractivity contribution is 5.88. The van der Waals surface area contributed by atoms with E-state index in [1.165, 1.54) is 0 Å². The number of benzene rings is 1. The molecule has 2 rings (SSSR count). The zero-order valence-corrected chi connectivity index (χ0v) is 17.9. The van der Waals surface area contributed by atoms with Crippen LogP contribution in [0.5, 0.6) is 5.75 Å². The number of ether oxygens (including phenoxy) is 1. The quantitative estimate of drug-likeness (QED) is 0.462. The van der Waals surface area contributed by atoms with Crippen LogP contribution in [0.1, 0.15) is 33.1 Å². The third-order valence-electron chi connectivity index (χ3n) is 5.24. The molecular formula is C22H34N4O4. The molecule has 1 saturated heterocycles. The predicted octanol–water partition coefficient (Wildman–Crippen LogP) is 0.910. The van der Waals surface area contributed by atoms with Crippen molar-refractivity contribution in [2.45, 2.75) is 39.2 Å². The first-order valence-corrected chi connectivity index (χ1v) is 10.6. The molecule has 8 nitrogen and oxygen atoms in total. The number of nitrogens with one attached hydrogen (secondary N) is 2. The summed E-state index contributed by atoms with van der Waals surface area (Å²) in [4.78, 5) is 38.3. The van der Waals surface area contributed by atoms with Crippen LogP contribution in [-0.4, -0.2) is 61.4 Å². The van der Waals surface area contributed by atoms with E-state index < -0.39 is 6.04 Å². The maximum absolute atomic E-state index is 12.5. The summed E-state index contributed by atoms with van der Waals surface area (Å²) in [5.74, 6) is -0.296. The van der Waals surface area contributed by atoms with Crippen LogP contribution in [0.15, 0.2) is 30.3 Å². The van der Waals surface area contributed by atoms with Gasteiger partial charge in [-0.25, -0.2) is 0 Å². The predicted molar refractivity (Wildman–Crippen MR) is 115 cm³/mol. The maximum Gasteiger partial charge on any atom is 0.258 e. The van der Waals surface area contributed by atoms with Gasteiger partial charge >= 0.3 is 0 Å². The molecule has 1 fully saturated rings. The molecule has 1 aliphatic rings. The standard InChI is InChI=1S/C22H34N4O4/c1-16(2)20(25-19(27)15-30-18-9-4-3-5-10-18)22(29)24-11-7-13-26-12-6-8-17(14-26)21(23)28/h3-5,9-10,16-17,20H,6-8,11-15H2,1-2H3,(H2,23,28)(H,24,29)(H,25,27). The van der Waals surface area contributed by atoms with Crippen LogP contribution in [0.4, 0.5) is 0 Å². The molecule has 166 valence electrons. The highest BCUT2D eigenvalue weighted by Crippen LogP contribution is 2.16. The smallest absolute Gasteiger partial charge is 0.258 e. The van der Waals surface area contributed by atoms with Crippen LogP contribution < -0.4 is 21.1 Å². The number of rotatable bonds is 11. The van der Waals surface area contributed by atoms with E-state index >= 15 is 0 Å². The molecule has 1 aromatic carbocycles. The molecule has 0 spiro atoms. The molecule has 0 aromatic heterocycles. The lowest BCUT2D eigenvalue weighted by Gasteiger charge is -2.31. The zero-order valence-electron chi connectivity index (χ0n) is 17.9. The molecule has 0 bridgehead atoms. The second-order valence-corrected chi connectivity index (χ2v) is 8.08. The van der Waals surface area contributed by atoms with E-state index in [4.69, 9.17) is 10.5 Å². The molecule has 30 heavy (non-hydrogen) atoms. The Bertz CT molecular complexity index is 696. The van der Waals surface area contributed by atoms with Crippen LogP contribution in [0.2, 0.25) is 0 Å². The van der Waals surface area contributed by atoms with Gasteiger partial charge in [0, 0.05) is 13.1 Å². The third kappa shape index (κ3) is 8.02. The van der Waals surface area contributed by atoms with Crippen molar-refractivity contribution in [2.75, 3.05) is 32.8 Å². The van der Waals surface area contributed by atoms with Crippen molar-refractivity contribution in [1.29, 1.82) is 0 Å². The number of amides is 3. The minimum Gasteiger partial charge on any atom is -0.484 e. The van der Waals surface area contributed by atoms with Crippen molar-refractivity contribution in [3.8, 4) is 5.75 Å². The van der Waals surface area contributed by atoms with Gasteiger partial charge in [-0.3, -0.25) is 14.4 Å². The number of piperidine rings is 1. The first-order valence-electron chi connectivity index (χ1n) is 10.6. The maximum atomic E-state index is 12.5. The highest BCUT2D eigenvalue weighted by atomic mass is 16.5. The summed E-state index contributed by atoms with van der Waals surface area (Å²) in [6, 6.07) is 8.45. The van der Waals surface area contributed by atoms with Crippen molar-refractivity contribution in [1.82, 2.24) is 15.5 Å². The third-order valence-corrected chi connectivity index (χ3v) is 5.24. The van der Waals surface area contributed by atoms with Crippen LogP contribution in [-0.2, 0) is 14.4 Å². The Kier molecular flexibility index (Phi) is 9.60. The molecule has 8 heteroatoms. The fraction of sp³-hybridized carbons (Fsp3) is 0.591. The molecule has 1 aromatic rings. The van der Waals surface area contributed by atoms with Crippen molar-refractivity contribution in [2.24, 2.45) is 17.6 Å². The topological polar surface area (TPSA) is 114 Å². The van der Waals surface area contributed by atoms with Crippen LogP contribution in [0, 0.1) is 11.8 Å². The van der Waals surface area contributed by atoms with E-state index in [1.54, 1.807) is 12.1 Å². The van der Waals surface area contributed by atoms with E-state index in [1.807, 2.05) is 32.0 Å². The molecule has 2 unspecified atom stereocenters. The summed E-state index contributed by atoms with van der Waals surface area (Å²) in [5, 5.41) is 5.66. The molecule has 2 atom stereocenters. The van der Waals surface area contributed by atoms with E-state index in [9.17, 15) is 14.4 Å². The number of carbonyl (C=O) groups is 3. The number of para-hydroxylation sites is 1. The van der Waals surface area contributed by atoms with Crippen LogP contribution in [0.3, 0.4) is 0 Å². The Morgan fingerprint density at radius 2 is 1.97 bits per heavy atom. The fourth-order valence-electron chi connectivity index (χ4n) is 3.53. The zero-order chi connectivity index (χ0) is 21.9. The number of likely N-dealkylation sites (tertiary alicyclic amines) is 1. The summed E-state index contributed by atoms with van der Waals surface area (Å²) >= 11 is 0. The molecule has 0 aliphatic carbocycles. The lowest BCUT2D eigenvalue weighted by Crippen LogP contribution is -2.51. The number of hydrogen-bond acceptors (Lipinski definition) is 5.